The van der Waals surface area contributed by atoms with E-state index >= 15 is 0 Å². The summed E-state index contributed by atoms with van der Waals surface area (Å²) in [6, 6.07) is 7.83. The zero-order valence-corrected chi connectivity index (χ0v) is 14.2. The van der Waals surface area contributed by atoms with E-state index in [2.05, 4.69) is 23.6 Å². The van der Waals surface area contributed by atoms with Crippen LogP contribution in [0, 0.1) is 5.92 Å². The number of allylic oxidation sites excluding steroid dienone is 1. The number of hydrogen-bond acceptors (Lipinski definition) is 2. The molecule has 0 atom stereocenters. The van der Waals surface area contributed by atoms with Gasteiger partial charge in [-0.1, -0.05) is 37.6 Å². The highest BCUT2D eigenvalue weighted by Gasteiger charge is 2.27. The van der Waals surface area contributed by atoms with Crippen molar-refractivity contribution in [3.8, 4) is 0 Å². The average molecular weight is 327 g/mol. The van der Waals surface area contributed by atoms with E-state index in [4.69, 9.17) is 0 Å². The molecular formula is C19H25N3O2. The third kappa shape index (κ3) is 3.61. The van der Waals surface area contributed by atoms with Crippen LogP contribution < -0.4 is 10.6 Å². The zero-order chi connectivity index (χ0) is 16.9. The molecule has 0 aromatic heterocycles. The fourth-order valence-corrected chi connectivity index (χ4v) is 3.29. The van der Waals surface area contributed by atoms with Gasteiger partial charge in [-0.2, -0.15) is 0 Å². The molecule has 0 spiro atoms. The number of hydrogen-bond donors (Lipinski definition) is 2. The number of para-hydroxylation sites is 1. The molecule has 2 heterocycles. The first-order valence-electron chi connectivity index (χ1n) is 8.84. The number of likely N-dealkylation sites (tertiary alicyclic amines) is 1. The van der Waals surface area contributed by atoms with Crippen LogP contribution in [0.25, 0.3) is 5.57 Å². The molecule has 2 aliphatic heterocycles. The number of anilines is 1. The van der Waals surface area contributed by atoms with Gasteiger partial charge in [0.2, 0.25) is 0 Å². The van der Waals surface area contributed by atoms with E-state index in [0.717, 1.165) is 62.1 Å². The molecule has 2 N–H and O–H groups in total. The number of nitrogens with zero attached hydrogens (tertiary/aromatic N) is 1. The molecule has 5 nitrogen and oxygen atoms in total. The number of fused-ring (bicyclic) bond motifs is 1. The summed E-state index contributed by atoms with van der Waals surface area (Å²) < 4.78 is 0. The Labute approximate surface area is 143 Å². The van der Waals surface area contributed by atoms with Crippen LogP contribution in [0.5, 0.6) is 0 Å². The molecule has 0 saturated carbocycles. The molecule has 5 heteroatoms. The minimum absolute atomic E-state index is 0.0176. The minimum Gasteiger partial charge on any atom is -0.338 e. The second-order valence-electron chi connectivity index (χ2n) is 6.49. The fraction of sp³-hybridized carbons (Fsp3) is 0.474. The van der Waals surface area contributed by atoms with E-state index in [1.54, 1.807) is 0 Å². The molecule has 128 valence electrons. The number of amides is 3. The second-order valence-corrected chi connectivity index (χ2v) is 6.49. The predicted octanol–water partition coefficient (Wildman–Crippen LogP) is 3.24. The van der Waals surface area contributed by atoms with Crippen LogP contribution in [0.3, 0.4) is 0 Å². The standard InChI is InChI=1S/C19H25N3O2/c1-2-3-10-20-19(24)22-11-8-14(9-12-22)13-16-15-6-4-5-7-17(15)21-18(16)23/h4-7,13-14H,2-3,8-12H2,1H3,(H,20,24)(H,21,23). The third-order valence-electron chi connectivity index (χ3n) is 4.75. The lowest BCUT2D eigenvalue weighted by molar-refractivity contribution is -0.110. The fourth-order valence-electron chi connectivity index (χ4n) is 3.29. The number of nitrogens with one attached hydrogen (secondary N) is 2. The van der Waals surface area contributed by atoms with E-state index in [9.17, 15) is 9.59 Å². The van der Waals surface area contributed by atoms with Gasteiger partial charge in [-0.05, 0) is 31.2 Å². The molecule has 0 bridgehead atoms. The lowest BCUT2D eigenvalue weighted by Gasteiger charge is -2.31. The van der Waals surface area contributed by atoms with Crippen molar-refractivity contribution in [1.82, 2.24) is 10.2 Å². The quantitative estimate of drug-likeness (QED) is 0.659. The van der Waals surface area contributed by atoms with Gasteiger partial charge in [-0.25, -0.2) is 4.79 Å². The van der Waals surface area contributed by atoms with Crippen LogP contribution in [0.2, 0.25) is 0 Å². The first-order valence-corrected chi connectivity index (χ1v) is 8.84. The Hall–Kier alpha value is -2.30. The molecule has 1 saturated heterocycles. The van der Waals surface area contributed by atoms with Crippen molar-refractivity contribution < 1.29 is 9.59 Å². The molecule has 0 radical (unpaired) electrons. The Balaban J connectivity index is 1.58. The average Bonchev–Trinajstić information content (AvgIpc) is 2.91. The molecule has 3 amide bonds. The first kappa shape index (κ1) is 16.6. The molecule has 1 fully saturated rings. The minimum atomic E-state index is -0.0176. The van der Waals surface area contributed by atoms with Gasteiger partial charge in [0.1, 0.15) is 0 Å². The van der Waals surface area contributed by atoms with Gasteiger partial charge in [0.25, 0.3) is 5.91 Å². The summed E-state index contributed by atoms with van der Waals surface area (Å²) in [5, 5.41) is 5.88. The molecule has 0 unspecified atom stereocenters. The van der Waals surface area contributed by atoms with Gasteiger partial charge in [0.15, 0.2) is 0 Å². The van der Waals surface area contributed by atoms with E-state index in [1.807, 2.05) is 29.2 Å². The van der Waals surface area contributed by atoms with E-state index in [0.29, 0.717) is 5.92 Å². The summed E-state index contributed by atoms with van der Waals surface area (Å²) in [7, 11) is 0. The van der Waals surface area contributed by atoms with Crippen molar-refractivity contribution in [1.29, 1.82) is 0 Å². The van der Waals surface area contributed by atoms with Crippen LogP contribution in [0.4, 0.5) is 10.5 Å². The van der Waals surface area contributed by atoms with E-state index in [1.165, 1.54) is 0 Å². The molecule has 3 rings (SSSR count). The summed E-state index contributed by atoms with van der Waals surface area (Å²) in [6.45, 7) is 4.35. The highest BCUT2D eigenvalue weighted by Crippen LogP contribution is 2.33. The second kappa shape index (κ2) is 7.51. The Bertz CT molecular complexity index is 646. The Kier molecular flexibility index (Phi) is 5.18. The first-order chi connectivity index (χ1) is 11.7. The van der Waals surface area contributed by atoms with Crippen LogP contribution >= 0.6 is 0 Å². The summed E-state index contributed by atoms with van der Waals surface area (Å²) in [5.74, 6) is 0.326. The van der Waals surface area contributed by atoms with Gasteiger partial charge < -0.3 is 15.5 Å². The number of urea groups is 1. The highest BCUT2D eigenvalue weighted by atomic mass is 16.2. The van der Waals surface area contributed by atoms with Crippen LogP contribution in [0.1, 0.15) is 38.2 Å². The number of benzene rings is 1. The van der Waals surface area contributed by atoms with Crippen molar-refractivity contribution in [3.63, 3.8) is 0 Å². The SMILES string of the molecule is CCCCNC(=O)N1CCC(C=C2C(=O)Nc3ccccc32)CC1. The molecule has 2 aliphatic rings. The third-order valence-corrected chi connectivity index (χ3v) is 4.75. The summed E-state index contributed by atoms with van der Waals surface area (Å²) in [4.78, 5) is 26.1. The molecular weight excluding hydrogens is 302 g/mol. The smallest absolute Gasteiger partial charge is 0.317 e. The van der Waals surface area contributed by atoms with E-state index < -0.39 is 0 Å². The number of rotatable bonds is 4. The topological polar surface area (TPSA) is 61.4 Å². The van der Waals surface area contributed by atoms with Crippen LogP contribution in [-0.2, 0) is 4.79 Å². The van der Waals surface area contributed by atoms with Crippen molar-refractivity contribution in [2.45, 2.75) is 32.6 Å². The highest BCUT2D eigenvalue weighted by molar-refractivity contribution is 6.31. The number of carbonyl (C=O) groups excluding carboxylic acids is 2. The Morgan fingerprint density at radius 3 is 2.83 bits per heavy atom. The monoisotopic (exact) mass is 327 g/mol. The van der Waals surface area contributed by atoms with Crippen LogP contribution in [0.15, 0.2) is 30.3 Å². The van der Waals surface area contributed by atoms with Crippen molar-refractivity contribution >= 4 is 23.2 Å². The van der Waals surface area contributed by atoms with Gasteiger partial charge in [0, 0.05) is 36.5 Å². The maximum atomic E-state index is 12.2. The van der Waals surface area contributed by atoms with Gasteiger partial charge in [-0.3, -0.25) is 4.79 Å². The molecule has 1 aromatic carbocycles. The number of carbonyl (C=O) groups is 2. The maximum Gasteiger partial charge on any atom is 0.317 e. The van der Waals surface area contributed by atoms with Gasteiger partial charge in [0.05, 0.1) is 0 Å². The number of piperidine rings is 1. The van der Waals surface area contributed by atoms with Crippen LogP contribution in [-0.4, -0.2) is 36.5 Å². The van der Waals surface area contributed by atoms with Crippen molar-refractivity contribution in [2.24, 2.45) is 5.92 Å². The normalized spacial score (nSPS) is 19.3. The molecule has 24 heavy (non-hydrogen) atoms. The lowest BCUT2D eigenvalue weighted by Crippen LogP contribution is -2.44. The predicted molar refractivity (Wildman–Crippen MR) is 95.7 cm³/mol. The maximum absolute atomic E-state index is 12.2. The largest absolute Gasteiger partial charge is 0.338 e. The summed E-state index contributed by atoms with van der Waals surface area (Å²) >= 11 is 0. The van der Waals surface area contributed by atoms with Gasteiger partial charge in [-0.15, -0.1) is 0 Å². The van der Waals surface area contributed by atoms with Crippen molar-refractivity contribution in [2.75, 3.05) is 25.0 Å². The number of unbranched alkanes of at least 4 members (excludes halogenated alkanes) is 1. The summed E-state index contributed by atoms with van der Waals surface area (Å²) in [6.07, 6.45) is 6.00. The Morgan fingerprint density at radius 1 is 1.33 bits per heavy atom. The zero-order valence-electron chi connectivity index (χ0n) is 14.2. The lowest BCUT2D eigenvalue weighted by atomic mass is 9.93. The van der Waals surface area contributed by atoms with Gasteiger partial charge >= 0.3 is 6.03 Å². The molecule has 1 aromatic rings. The van der Waals surface area contributed by atoms with E-state index in [-0.39, 0.29) is 11.9 Å². The summed E-state index contributed by atoms with van der Waals surface area (Å²) in [5.41, 5.74) is 2.65. The van der Waals surface area contributed by atoms with Crippen molar-refractivity contribution in [3.05, 3.63) is 35.9 Å². The Morgan fingerprint density at radius 2 is 2.08 bits per heavy atom. The molecule has 0 aliphatic carbocycles.